The van der Waals surface area contributed by atoms with Gasteiger partial charge in [-0.2, -0.15) is 0 Å². The van der Waals surface area contributed by atoms with Gasteiger partial charge in [-0.3, -0.25) is 4.21 Å². The highest BCUT2D eigenvalue weighted by atomic mass is 32.2. The van der Waals surface area contributed by atoms with Gasteiger partial charge in [0, 0.05) is 16.2 Å². The van der Waals surface area contributed by atoms with Crippen molar-refractivity contribution in [2.45, 2.75) is 50.5 Å². The number of hydrogen-bond donors (Lipinski definition) is 0. The van der Waals surface area contributed by atoms with Crippen molar-refractivity contribution in [3.8, 4) is 0 Å². The van der Waals surface area contributed by atoms with Crippen LogP contribution >= 0.6 is 0 Å². The van der Waals surface area contributed by atoms with Crippen LogP contribution in [-0.2, 0) is 22.0 Å². The van der Waals surface area contributed by atoms with Gasteiger partial charge in [-0.25, -0.2) is 0 Å². The Morgan fingerprint density at radius 3 is 2.38 bits per heavy atom. The highest BCUT2D eigenvalue weighted by molar-refractivity contribution is 7.84. The topological polar surface area (TPSA) is 56.0 Å². The number of hydrogen-bond acceptors (Lipinski definition) is 4. The van der Waals surface area contributed by atoms with Crippen LogP contribution in [0.1, 0.15) is 56.7 Å². The van der Waals surface area contributed by atoms with Gasteiger partial charge >= 0.3 is 0 Å². The van der Waals surface area contributed by atoms with Gasteiger partial charge in [-0.05, 0) is 12.0 Å². The molecular weight excluding hydrogens is 284 g/mol. The van der Waals surface area contributed by atoms with Crippen LogP contribution in [0.3, 0.4) is 0 Å². The van der Waals surface area contributed by atoms with Gasteiger partial charge in [0.2, 0.25) is 11.8 Å². The molecule has 1 aromatic heterocycles. The molecule has 0 saturated heterocycles. The normalized spacial score (nSPS) is 14.9. The van der Waals surface area contributed by atoms with E-state index in [1.807, 2.05) is 58.0 Å². The molecule has 114 valence electrons. The highest BCUT2D eigenvalue weighted by Crippen LogP contribution is 2.26. The van der Waals surface area contributed by atoms with Crippen molar-refractivity contribution in [2.75, 3.05) is 0 Å². The second-order valence-electron chi connectivity index (χ2n) is 6.08. The van der Waals surface area contributed by atoms with Crippen LogP contribution in [0.25, 0.3) is 0 Å². The van der Waals surface area contributed by atoms with E-state index < -0.39 is 10.8 Å². The zero-order valence-electron chi connectivity index (χ0n) is 13.0. The smallest absolute Gasteiger partial charge is 0.229 e. The van der Waals surface area contributed by atoms with Crippen molar-refractivity contribution >= 4 is 10.8 Å². The quantitative estimate of drug-likeness (QED) is 0.844. The van der Waals surface area contributed by atoms with Crippen molar-refractivity contribution in [3.05, 3.63) is 47.7 Å². The maximum Gasteiger partial charge on any atom is 0.229 e. The Hall–Kier alpha value is -1.49. The maximum absolute atomic E-state index is 12.6. The molecule has 0 unspecified atom stereocenters. The summed E-state index contributed by atoms with van der Waals surface area (Å²) in [5.74, 6) is 1.34. The molecule has 2 atom stereocenters. The third kappa shape index (κ3) is 4.00. The molecule has 0 aliphatic carbocycles. The summed E-state index contributed by atoms with van der Waals surface area (Å²) in [6, 6.07) is 9.94. The Labute approximate surface area is 128 Å². The molecule has 0 bridgehead atoms. The average molecular weight is 306 g/mol. The maximum atomic E-state index is 12.6. The first-order chi connectivity index (χ1) is 9.91. The Kier molecular flexibility index (Phi) is 4.93. The molecular formula is C16H22N2O2S. The van der Waals surface area contributed by atoms with Crippen molar-refractivity contribution in [1.29, 1.82) is 0 Å². The molecule has 2 aromatic rings. The minimum atomic E-state index is -1.07. The van der Waals surface area contributed by atoms with Crippen molar-refractivity contribution < 1.29 is 8.63 Å². The van der Waals surface area contributed by atoms with Crippen LogP contribution in [0.2, 0.25) is 0 Å². The standard InChI is InChI=1S/C16H22N2O2S/c1-5-13(12-9-7-6-8-10-12)21(19)11-14-17-18-15(20-14)16(2,3)4/h6-10,13H,5,11H2,1-4H3/t13-,21-/m0/s1. The third-order valence-corrected chi connectivity index (χ3v) is 5.01. The number of rotatable bonds is 5. The zero-order chi connectivity index (χ0) is 15.5. The zero-order valence-corrected chi connectivity index (χ0v) is 13.8. The average Bonchev–Trinajstić information content (AvgIpc) is 2.89. The van der Waals surface area contributed by atoms with Gasteiger partial charge in [0.15, 0.2) is 0 Å². The molecule has 0 amide bonds. The summed E-state index contributed by atoms with van der Waals surface area (Å²) in [7, 11) is -1.07. The molecule has 2 rings (SSSR count). The van der Waals surface area contributed by atoms with E-state index in [2.05, 4.69) is 10.2 Å². The molecule has 0 saturated carbocycles. The fourth-order valence-electron chi connectivity index (χ4n) is 2.08. The lowest BCUT2D eigenvalue weighted by Crippen LogP contribution is -2.11. The first-order valence-corrected chi connectivity index (χ1v) is 8.55. The Morgan fingerprint density at radius 2 is 1.86 bits per heavy atom. The Balaban J connectivity index is 2.11. The lowest BCUT2D eigenvalue weighted by molar-refractivity contribution is 0.378. The molecule has 1 aromatic carbocycles. The monoisotopic (exact) mass is 306 g/mol. The van der Waals surface area contributed by atoms with Crippen molar-refractivity contribution in [2.24, 2.45) is 0 Å². The van der Waals surface area contributed by atoms with Gasteiger partial charge in [-0.1, -0.05) is 58.0 Å². The molecule has 5 heteroatoms. The summed E-state index contributed by atoms with van der Waals surface area (Å²) in [4.78, 5) is 0. The van der Waals surface area contributed by atoms with E-state index in [0.717, 1.165) is 12.0 Å². The molecule has 0 radical (unpaired) electrons. The Bertz CT molecular complexity index is 602. The molecule has 1 heterocycles. The van der Waals surface area contributed by atoms with Crippen LogP contribution < -0.4 is 0 Å². The van der Waals surface area contributed by atoms with Gasteiger partial charge in [0.1, 0.15) is 5.75 Å². The molecule has 0 aliphatic rings. The predicted octanol–water partition coefficient (Wildman–Crippen LogP) is 3.77. The van der Waals surface area contributed by atoms with Gasteiger partial charge < -0.3 is 4.42 Å². The van der Waals surface area contributed by atoms with E-state index in [-0.39, 0.29) is 10.7 Å². The largest absolute Gasteiger partial charge is 0.424 e. The molecule has 0 fully saturated rings. The number of benzene rings is 1. The van der Waals surface area contributed by atoms with E-state index in [0.29, 0.717) is 17.5 Å². The van der Waals surface area contributed by atoms with Crippen molar-refractivity contribution in [1.82, 2.24) is 10.2 Å². The van der Waals surface area contributed by atoms with E-state index in [9.17, 15) is 4.21 Å². The second-order valence-corrected chi connectivity index (χ2v) is 7.70. The third-order valence-electron chi connectivity index (χ3n) is 3.23. The van der Waals surface area contributed by atoms with Crippen LogP contribution in [0.15, 0.2) is 34.7 Å². The fourth-order valence-corrected chi connectivity index (χ4v) is 3.47. The van der Waals surface area contributed by atoms with E-state index in [4.69, 9.17) is 4.42 Å². The first kappa shape index (κ1) is 15.9. The fraction of sp³-hybridized carbons (Fsp3) is 0.500. The summed E-state index contributed by atoms with van der Waals surface area (Å²) >= 11 is 0. The van der Waals surface area contributed by atoms with Crippen LogP contribution in [0, 0.1) is 0 Å². The SMILES string of the molecule is CC[C@@H](c1ccccc1)[S@@](=O)Cc1nnc(C(C)(C)C)o1. The molecule has 21 heavy (non-hydrogen) atoms. The van der Waals surface area contributed by atoms with Gasteiger partial charge in [-0.15, -0.1) is 10.2 Å². The molecule has 0 aliphatic heterocycles. The summed E-state index contributed by atoms with van der Waals surface area (Å²) in [5.41, 5.74) is 0.907. The summed E-state index contributed by atoms with van der Waals surface area (Å²) < 4.78 is 18.2. The van der Waals surface area contributed by atoms with E-state index >= 15 is 0 Å². The summed E-state index contributed by atoms with van der Waals surface area (Å²) in [5, 5.41) is 8.07. The van der Waals surface area contributed by atoms with Gasteiger partial charge in [0.05, 0.1) is 5.25 Å². The molecule has 4 nitrogen and oxygen atoms in total. The minimum Gasteiger partial charge on any atom is -0.424 e. The Morgan fingerprint density at radius 1 is 1.19 bits per heavy atom. The lowest BCUT2D eigenvalue weighted by Gasteiger charge is -2.14. The van der Waals surface area contributed by atoms with Crippen LogP contribution in [-0.4, -0.2) is 14.4 Å². The number of aromatic nitrogens is 2. The molecule has 0 N–H and O–H groups in total. The first-order valence-electron chi connectivity index (χ1n) is 7.16. The summed E-state index contributed by atoms with van der Waals surface area (Å²) in [6.07, 6.45) is 0.816. The van der Waals surface area contributed by atoms with E-state index in [1.54, 1.807) is 0 Å². The highest BCUT2D eigenvalue weighted by Gasteiger charge is 2.24. The van der Waals surface area contributed by atoms with Crippen LogP contribution in [0.5, 0.6) is 0 Å². The predicted molar refractivity (Wildman–Crippen MR) is 84.3 cm³/mol. The summed E-state index contributed by atoms with van der Waals surface area (Å²) in [6.45, 7) is 8.09. The van der Waals surface area contributed by atoms with Crippen molar-refractivity contribution in [3.63, 3.8) is 0 Å². The van der Waals surface area contributed by atoms with Crippen LogP contribution in [0.4, 0.5) is 0 Å². The number of nitrogens with zero attached hydrogens (tertiary/aromatic N) is 2. The lowest BCUT2D eigenvalue weighted by atomic mass is 9.97. The van der Waals surface area contributed by atoms with E-state index in [1.165, 1.54) is 0 Å². The minimum absolute atomic E-state index is 0.00353. The second kappa shape index (κ2) is 6.52. The van der Waals surface area contributed by atoms with Gasteiger partial charge in [0.25, 0.3) is 0 Å². The molecule has 0 spiro atoms.